The maximum Gasteiger partial charge on any atom is 0.224 e. The maximum atomic E-state index is 11.4. The molecule has 1 rings (SSSR count). The van der Waals surface area contributed by atoms with Gasteiger partial charge in [0, 0.05) is 24.3 Å². The lowest BCUT2D eigenvalue weighted by molar-refractivity contribution is -0.115. The van der Waals surface area contributed by atoms with Crippen LogP contribution in [0.5, 0.6) is 0 Å². The number of anilines is 2. The molecule has 0 aliphatic carbocycles. The van der Waals surface area contributed by atoms with Gasteiger partial charge in [-0.1, -0.05) is 19.1 Å². The van der Waals surface area contributed by atoms with Gasteiger partial charge < -0.3 is 16.0 Å². The van der Waals surface area contributed by atoms with Gasteiger partial charge in [0.15, 0.2) is 5.11 Å². The first-order chi connectivity index (χ1) is 9.08. The van der Waals surface area contributed by atoms with Gasteiger partial charge in [0.25, 0.3) is 0 Å². The molecule has 0 spiro atoms. The van der Waals surface area contributed by atoms with Crippen molar-refractivity contribution in [3.05, 3.63) is 36.4 Å². The molecule has 0 aliphatic rings. The minimum Gasteiger partial charge on any atom is -0.359 e. The third-order valence-corrected chi connectivity index (χ3v) is 2.83. The number of hydrogen-bond donors (Lipinski definition) is 3. The van der Waals surface area contributed by atoms with E-state index in [1.807, 2.05) is 32.0 Å². The summed E-state index contributed by atoms with van der Waals surface area (Å²) >= 11 is 5.16. The first-order valence-electron chi connectivity index (χ1n) is 6.13. The van der Waals surface area contributed by atoms with E-state index in [-0.39, 0.29) is 5.91 Å². The minimum atomic E-state index is -0.00684. The molecule has 3 N–H and O–H groups in total. The highest BCUT2D eigenvalue weighted by molar-refractivity contribution is 7.80. The molecule has 1 aromatic carbocycles. The van der Waals surface area contributed by atoms with E-state index < -0.39 is 0 Å². The van der Waals surface area contributed by atoms with E-state index in [0.29, 0.717) is 18.1 Å². The third-order valence-electron chi connectivity index (χ3n) is 2.58. The van der Waals surface area contributed by atoms with Crippen LogP contribution in [0.25, 0.3) is 0 Å². The molecule has 5 heteroatoms. The van der Waals surface area contributed by atoms with Crippen LogP contribution in [0.2, 0.25) is 0 Å². The normalized spacial score (nSPS) is 9.58. The number of thiocarbonyl (C=S) groups is 1. The second-order valence-corrected chi connectivity index (χ2v) is 4.41. The van der Waals surface area contributed by atoms with Crippen LogP contribution in [0.15, 0.2) is 30.9 Å². The summed E-state index contributed by atoms with van der Waals surface area (Å²) in [7, 11) is 0. The van der Waals surface area contributed by atoms with Crippen molar-refractivity contribution in [1.29, 1.82) is 0 Å². The number of nitrogens with one attached hydrogen (secondary N) is 3. The summed E-state index contributed by atoms with van der Waals surface area (Å²) in [6.07, 6.45) is 2.19. The van der Waals surface area contributed by atoms with Crippen molar-refractivity contribution < 1.29 is 4.79 Å². The molecule has 0 saturated carbocycles. The Balaban J connectivity index is 2.79. The van der Waals surface area contributed by atoms with Crippen LogP contribution in [-0.2, 0) is 4.79 Å². The summed E-state index contributed by atoms with van der Waals surface area (Å²) in [5.41, 5.74) is 2.62. The van der Waals surface area contributed by atoms with Gasteiger partial charge >= 0.3 is 0 Å². The number of benzene rings is 1. The summed E-state index contributed by atoms with van der Waals surface area (Å²) in [6.45, 7) is 7.98. The van der Waals surface area contributed by atoms with Crippen LogP contribution >= 0.6 is 12.2 Å². The lowest BCUT2D eigenvalue weighted by Gasteiger charge is -2.14. The van der Waals surface area contributed by atoms with Crippen molar-refractivity contribution in [2.75, 3.05) is 17.2 Å². The zero-order chi connectivity index (χ0) is 14.3. The Labute approximate surface area is 119 Å². The Bertz CT molecular complexity index is 486. The Morgan fingerprint density at radius 3 is 2.58 bits per heavy atom. The van der Waals surface area contributed by atoms with E-state index in [9.17, 15) is 4.79 Å². The van der Waals surface area contributed by atoms with Gasteiger partial charge in [-0.2, -0.15) is 0 Å². The monoisotopic (exact) mass is 277 g/mol. The van der Waals surface area contributed by atoms with Gasteiger partial charge in [-0.15, -0.1) is 6.58 Å². The van der Waals surface area contributed by atoms with E-state index in [0.717, 1.165) is 16.9 Å². The van der Waals surface area contributed by atoms with Gasteiger partial charge in [0.2, 0.25) is 5.91 Å². The van der Waals surface area contributed by atoms with Gasteiger partial charge in [0.1, 0.15) is 0 Å². The number of carbonyl (C=O) groups is 1. The SMILES string of the molecule is C=CCNC(=S)Nc1cccc(NC(=O)CC)c1C. The van der Waals surface area contributed by atoms with Crippen molar-refractivity contribution in [3.8, 4) is 0 Å². The first kappa shape index (κ1) is 15.2. The summed E-state index contributed by atoms with van der Waals surface area (Å²) in [5, 5.41) is 9.48. The Morgan fingerprint density at radius 1 is 1.37 bits per heavy atom. The molecule has 0 heterocycles. The molecule has 0 saturated heterocycles. The number of hydrogen-bond acceptors (Lipinski definition) is 2. The van der Waals surface area contributed by atoms with E-state index >= 15 is 0 Å². The quantitative estimate of drug-likeness (QED) is 0.572. The molecular formula is C14H19N3OS. The molecule has 0 aromatic heterocycles. The predicted octanol–water partition coefficient (Wildman–Crippen LogP) is 2.82. The lowest BCUT2D eigenvalue weighted by atomic mass is 10.1. The molecule has 0 aliphatic heterocycles. The minimum absolute atomic E-state index is 0.00684. The van der Waals surface area contributed by atoms with Gasteiger partial charge in [-0.3, -0.25) is 4.79 Å². The van der Waals surface area contributed by atoms with Crippen molar-refractivity contribution in [2.45, 2.75) is 20.3 Å². The molecule has 0 unspecified atom stereocenters. The Kier molecular flexibility index (Phi) is 6.02. The zero-order valence-electron chi connectivity index (χ0n) is 11.2. The fraction of sp³-hybridized carbons (Fsp3) is 0.286. The standard InChI is InChI=1S/C14H19N3OS/c1-4-9-15-14(19)17-12-8-6-7-11(10(12)3)16-13(18)5-2/h4,6-8H,1,5,9H2,2-3H3,(H,16,18)(H2,15,17,19). The van der Waals surface area contributed by atoms with Gasteiger partial charge in [0.05, 0.1) is 0 Å². The van der Waals surface area contributed by atoms with Crippen LogP contribution in [0, 0.1) is 6.92 Å². The average molecular weight is 277 g/mol. The van der Waals surface area contributed by atoms with Crippen LogP contribution in [0.3, 0.4) is 0 Å². The molecule has 1 aromatic rings. The fourth-order valence-corrected chi connectivity index (χ4v) is 1.67. The summed E-state index contributed by atoms with van der Waals surface area (Å²) in [5.74, 6) is -0.00684. The molecule has 1 amide bonds. The highest BCUT2D eigenvalue weighted by Crippen LogP contribution is 2.23. The molecule has 0 radical (unpaired) electrons. The molecular weight excluding hydrogens is 258 g/mol. The van der Waals surface area contributed by atoms with Crippen molar-refractivity contribution in [3.63, 3.8) is 0 Å². The molecule has 0 atom stereocenters. The van der Waals surface area contributed by atoms with E-state index in [4.69, 9.17) is 12.2 Å². The molecule has 19 heavy (non-hydrogen) atoms. The van der Waals surface area contributed by atoms with Crippen LogP contribution in [-0.4, -0.2) is 17.6 Å². The summed E-state index contributed by atoms with van der Waals surface area (Å²) < 4.78 is 0. The predicted molar refractivity (Wildman–Crippen MR) is 84.5 cm³/mol. The average Bonchev–Trinajstić information content (AvgIpc) is 2.40. The van der Waals surface area contributed by atoms with Gasteiger partial charge in [-0.25, -0.2) is 0 Å². The molecule has 0 fully saturated rings. The number of amides is 1. The number of rotatable bonds is 5. The summed E-state index contributed by atoms with van der Waals surface area (Å²) in [4.78, 5) is 11.4. The molecule has 4 nitrogen and oxygen atoms in total. The maximum absolute atomic E-state index is 11.4. The lowest BCUT2D eigenvalue weighted by Crippen LogP contribution is -2.28. The smallest absolute Gasteiger partial charge is 0.224 e. The van der Waals surface area contributed by atoms with Crippen LogP contribution in [0.1, 0.15) is 18.9 Å². The molecule has 102 valence electrons. The van der Waals surface area contributed by atoms with E-state index in [1.54, 1.807) is 6.08 Å². The van der Waals surface area contributed by atoms with E-state index in [1.165, 1.54) is 0 Å². The molecule has 0 bridgehead atoms. The van der Waals surface area contributed by atoms with Crippen LogP contribution in [0.4, 0.5) is 11.4 Å². The van der Waals surface area contributed by atoms with Crippen LogP contribution < -0.4 is 16.0 Å². The Hall–Kier alpha value is -1.88. The second kappa shape index (κ2) is 7.53. The Morgan fingerprint density at radius 2 is 2.00 bits per heavy atom. The van der Waals surface area contributed by atoms with Gasteiger partial charge in [-0.05, 0) is 36.8 Å². The zero-order valence-corrected chi connectivity index (χ0v) is 12.1. The van der Waals surface area contributed by atoms with E-state index in [2.05, 4.69) is 22.5 Å². The summed E-state index contributed by atoms with van der Waals surface area (Å²) in [6, 6.07) is 5.66. The first-order valence-corrected chi connectivity index (χ1v) is 6.54. The highest BCUT2D eigenvalue weighted by atomic mass is 32.1. The topological polar surface area (TPSA) is 53.2 Å². The van der Waals surface area contributed by atoms with Crippen molar-refractivity contribution >= 4 is 34.6 Å². The van der Waals surface area contributed by atoms with Crippen molar-refractivity contribution in [1.82, 2.24) is 5.32 Å². The fourth-order valence-electron chi connectivity index (χ4n) is 1.48. The van der Waals surface area contributed by atoms with Crippen molar-refractivity contribution in [2.24, 2.45) is 0 Å². The second-order valence-electron chi connectivity index (χ2n) is 4.00. The number of carbonyl (C=O) groups excluding carboxylic acids is 1. The largest absolute Gasteiger partial charge is 0.359 e. The highest BCUT2D eigenvalue weighted by Gasteiger charge is 2.07. The third kappa shape index (κ3) is 4.71.